The number of hydrogen-bond acceptors (Lipinski definition) is 0. The zero-order valence-electron chi connectivity index (χ0n) is 19.2. The van der Waals surface area contributed by atoms with E-state index in [4.69, 9.17) is 0 Å². The van der Waals surface area contributed by atoms with E-state index >= 15 is 0 Å². The molecule has 164 valence electrons. The van der Waals surface area contributed by atoms with Crippen molar-refractivity contribution in [2.75, 3.05) is 0 Å². The van der Waals surface area contributed by atoms with Gasteiger partial charge in [0.1, 0.15) is 0 Å². The summed E-state index contributed by atoms with van der Waals surface area (Å²) in [6.07, 6.45) is 0. The summed E-state index contributed by atoms with van der Waals surface area (Å²) in [5, 5.41) is 14.6. The van der Waals surface area contributed by atoms with Crippen molar-refractivity contribution in [1.29, 1.82) is 0 Å². The van der Waals surface area contributed by atoms with Gasteiger partial charge in [0.2, 0.25) is 0 Å². The first kappa shape index (κ1) is 20.4. The predicted molar refractivity (Wildman–Crippen MR) is 155 cm³/mol. The molecule has 0 bridgehead atoms. The predicted octanol–water partition coefficient (Wildman–Crippen LogP) is 8.06. The molecule has 0 atom stereocenters. The van der Waals surface area contributed by atoms with E-state index in [9.17, 15) is 0 Å². The topological polar surface area (TPSA) is 0 Å². The van der Waals surface area contributed by atoms with Crippen LogP contribution in [0.1, 0.15) is 0 Å². The second-order valence-corrected chi connectivity index (χ2v) is 11.3. The molecule has 0 fully saturated rings. The molecule has 0 amide bonds. The summed E-state index contributed by atoms with van der Waals surface area (Å²) in [5.41, 5.74) is 0. The Kier molecular flexibility index (Phi) is 4.86. The van der Waals surface area contributed by atoms with E-state index in [-0.39, 0.29) is 0 Å². The van der Waals surface area contributed by atoms with Crippen LogP contribution in [0, 0.1) is 0 Å². The van der Waals surface area contributed by atoms with Crippen LogP contribution in [0.3, 0.4) is 0 Å². The Morgan fingerprint density at radius 2 is 0.743 bits per heavy atom. The first-order valence-electron chi connectivity index (χ1n) is 12.0. The van der Waals surface area contributed by atoms with Gasteiger partial charge in [-0.3, -0.25) is 0 Å². The lowest BCUT2D eigenvalue weighted by molar-refractivity contribution is 1.75. The van der Waals surface area contributed by atoms with Crippen molar-refractivity contribution in [1.82, 2.24) is 0 Å². The quantitative estimate of drug-likeness (QED) is 0.184. The molecule has 0 unspecified atom stereocenters. The van der Waals surface area contributed by atoms with Crippen LogP contribution in [0.5, 0.6) is 0 Å². The van der Waals surface area contributed by atoms with Crippen LogP contribution in [-0.2, 0) is 0 Å². The molecular formula is C34H23P. The molecule has 0 saturated heterocycles. The molecule has 1 heteroatoms. The second kappa shape index (κ2) is 8.35. The van der Waals surface area contributed by atoms with E-state index in [0.717, 1.165) is 0 Å². The van der Waals surface area contributed by atoms with Gasteiger partial charge >= 0.3 is 0 Å². The highest BCUT2D eigenvalue weighted by atomic mass is 31.1. The van der Waals surface area contributed by atoms with Gasteiger partial charge in [-0.1, -0.05) is 103 Å². The van der Waals surface area contributed by atoms with Crippen LogP contribution < -0.4 is 15.9 Å². The molecule has 0 heterocycles. The maximum absolute atomic E-state index is 2.41. The van der Waals surface area contributed by atoms with Crippen molar-refractivity contribution in [2.45, 2.75) is 0 Å². The molecule has 7 aromatic carbocycles. The summed E-state index contributed by atoms with van der Waals surface area (Å²) in [7, 11) is -0.659. The zero-order valence-corrected chi connectivity index (χ0v) is 20.1. The first-order valence-corrected chi connectivity index (χ1v) is 13.4. The monoisotopic (exact) mass is 462 g/mol. The molecule has 35 heavy (non-hydrogen) atoms. The average Bonchev–Trinajstić information content (AvgIpc) is 2.91. The van der Waals surface area contributed by atoms with Gasteiger partial charge in [0, 0.05) is 0 Å². The van der Waals surface area contributed by atoms with Gasteiger partial charge in [-0.05, 0) is 103 Å². The highest BCUT2D eigenvalue weighted by molar-refractivity contribution is 7.80. The van der Waals surface area contributed by atoms with Crippen molar-refractivity contribution in [3.05, 3.63) is 140 Å². The molecule has 0 aliphatic heterocycles. The molecule has 0 aliphatic rings. The molecule has 0 nitrogen and oxygen atoms in total. The Morgan fingerprint density at radius 3 is 1.31 bits per heavy atom. The molecule has 0 spiro atoms. The van der Waals surface area contributed by atoms with E-state index < -0.39 is 7.92 Å². The zero-order chi connectivity index (χ0) is 23.2. The Morgan fingerprint density at radius 1 is 0.314 bits per heavy atom. The SMILES string of the molecule is c1ccc(P(c2ccccc2)c2cccc3cc4cc5cc6ccccc6cc5cc4cc23)cc1. The largest absolute Gasteiger partial charge is 0.0622 e. The molecule has 0 saturated carbocycles. The van der Waals surface area contributed by atoms with E-state index in [1.807, 2.05) is 0 Å². The van der Waals surface area contributed by atoms with E-state index in [1.54, 1.807) is 0 Å². The van der Waals surface area contributed by atoms with E-state index in [2.05, 4.69) is 140 Å². The third-order valence-electron chi connectivity index (χ3n) is 6.90. The summed E-state index contributed by atoms with van der Waals surface area (Å²) in [6, 6.07) is 51.5. The summed E-state index contributed by atoms with van der Waals surface area (Å²) in [6.45, 7) is 0. The molecule has 7 aromatic rings. The smallest absolute Gasteiger partial charge is 0.00724 e. The highest BCUT2D eigenvalue weighted by Gasteiger charge is 2.19. The molecule has 0 N–H and O–H groups in total. The van der Waals surface area contributed by atoms with Crippen LogP contribution >= 0.6 is 7.92 Å². The number of hydrogen-bond donors (Lipinski definition) is 0. The molecule has 7 rings (SSSR count). The van der Waals surface area contributed by atoms with Crippen molar-refractivity contribution in [3.8, 4) is 0 Å². The molecule has 0 aliphatic carbocycles. The van der Waals surface area contributed by atoms with Gasteiger partial charge < -0.3 is 0 Å². The van der Waals surface area contributed by atoms with Crippen molar-refractivity contribution < 1.29 is 0 Å². The Balaban J connectivity index is 1.50. The van der Waals surface area contributed by atoms with Crippen LogP contribution in [0.4, 0.5) is 0 Å². The third kappa shape index (κ3) is 3.59. The lowest BCUT2D eigenvalue weighted by Crippen LogP contribution is -2.21. The fraction of sp³-hybridized carbons (Fsp3) is 0. The third-order valence-corrected chi connectivity index (χ3v) is 9.40. The first-order chi connectivity index (χ1) is 17.3. The van der Waals surface area contributed by atoms with Crippen molar-refractivity contribution in [2.24, 2.45) is 0 Å². The fourth-order valence-electron chi connectivity index (χ4n) is 5.23. The minimum absolute atomic E-state index is 0.659. The fourth-order valence-corrected chi connectivity index (χ4v) is 7.69. The van der Waals surface area contributed by atoms with Gasteiger partial charge in [-0.2, -0.15) is 0 Å². The maximum Gasteiger partial charge on any atom is -0.00724 e. The van der Waals surface area contributed by atoms with Crippen molar-refractivity contribution >= 4 is 66.9 Å². The molecule has 0 radical (unpaired) electrons. The van der Waals surface area contributed by atoms with Crippen LogP contribution in [-0.4, -0.2) is 0 Å². The molecule has 0 aromatic heterocycles. The van der Waals surface area contributed by atoms with Crippen LogP contribution in [0.15, 0.2) is 140 Å². The van der Waals surface area contributed by atoms with Gasteiger partial charge in [0.05, 0.1) is 0 Å². The summed E-state index contributed by atoms with van der Waals surface area (Å²) >= 11 is 0. The number of benzene rings is 7. The van der Waals surface area contributed by atoms with Crippen LogP contribution in [0.2, 0.25) is 0 Å². The minimum atomic E-state index is -0.659. The van der Waals surface area contributed by atoms with Crippen molar-refractivity contribution in [3.63, 3.8) is 0 Å². The highest BCUT2D eigenvalue weighted by Crippen LogP contribution is 2.37. The number of fused-ring (bicyclic) bond motifs is 4. The Labute approximate surface area is 206 Å². The minimum Gasteiger partial charge on any atom is -0.0622 e. The summed E-state index contributed by atoms with van der Waals surface area (Å²) in [4.78, 5) is 0. The maximum atomic E-state index is 2.41. The van der Waals surface area contributed by atoms with Gasteiger partial charge in [0.15, 0.2) is 0 Å². The average molecular weight is 463 g/mol. The molecular weight excluding hydrogens is 439 g/mol. The lowest BCUT2D eigenvalue weighted by Gasteiger charge is -2.21. The Hall–Kier alpha value is -3.99. The second-order valence-electron chi connectivity index (χ2n) is 9.10. The Bertz CT molecular complexity index is 1800. The van der Waals surface area contributed by atoms with E-state index in [1.165, 1.54) is 59.0 Å². The van der Waals surface area contributed by atoms with Gasteiger partial charge in [-0.25, -0.2) is 0 Å². The summed E-state index contributed by atoms with van der Waals surface area (Å²) in [5.74, 6) is 0. The summed E-state index contributed by atoms with van der Waals surface area (Å²) < 4.78 is 0. The normalized spacial score (nSPS) is 11.7. The number of rotatable bonds is 3. The van der Waals surface area contributed by atoms with Gasteiger partial charge in [-0.15, -0.1) is 0 Å². The lowest BCUT2D eigenvalue weighted by atomic mass is 9.97. The van der Waals surface area contributed by atoms with E-state index in [0.29, 0.717) is 0 Å². The standard InChI is InChI=1S/C34H23P/c1-3-13-31(14-4-1)35(32-15-5-2-6-16-32)34-17-9-12-26-20-29-21-27-18-24-10-7-8-11-25(24)19-28(27)22-30(29)23-33(26)34/h1-23H. The van der Waals surface area contributed by atoms with Crippen LogP contribution in [0.25, 0.3) is 43.1 Å². The van der Waals surface area contributed by atoms with Gasteiger partial charge in [0.25, 0.3) is 0 Å².